The van der Waals surface area contributed by atoms with E-state index in [1.165, 1.54) is 32.1 Å². The molecule has 0 fully saturated rings. The average molecular weight is 256 g/mol. The molecule has 0 spiro atoms. The van der Waals surface area contributed by atoms with Crippen molar-refractivity contribution in [1.82, 2.24) is 0 Å². The fraction of sp³-hybridized carbons (Fsp3) is 0.800. The van der Waals surface area contributed by atoms with E-state index in [1.54, 1.807) is 6.92 Å². The number of esters is 1. The summed E-state index contributed by atoms with van der Waals surface area (Å²) < 4.78 is 4.89. The molecule has 1 N–H and O–H groups in total. The third-order valence-electron chi connectivity index (χ3n) is 2.83. The van der Waals surface area contributed by atoms with Crippen molar-refractivity contribution >= 4 is 5.97 Å². The zero-order valence-corrected chi connectivity index (χ0v) is 11.9. The first-order valence-electron chi connectivity index (χ1n) is 7.10. The normalized spacial score (nSPS) is 12.2. The van der Waals surface area contributed by atoms with Crippen LogP contribution in [0.5, 0.6) is 0 Å². The van der Waals surface area contributed by atoms with E-state index in [2.05, 4.69) is 13.5 Å². The van der Waals surface area contributed by atoms with E-state index in [0.29, 0.717) is 12.0 Å². The molecule has 0 radical (unpaired) electrons. The van der Waals surface area contributed by atoms with Crippen LogP contribution in [0.15, 0.2) is 12.2 Å². The lowest BCUT2D eigenvalue weighted by atomic mass is 10.1. The maximum Gasteiger partial charge on any atom is 0.333 e. The number of unbranched alkanes of at least 4 members (excludes halogenated alkanes) is 6. The summed E-state index contributed by atoms with van der Waals surface area (Å²) in [7, 11) is 0. The van der Waals surface area contributed by atoms with Crippen LogP contribution in [0.25, 0.3) is 0 Å². The van der Waals surface area contributed by atoms with Crippen LogP contribution in [-0.2, 0) is 9.53 Å². The van der Waals surface area contributed by atoms with Gasteiger partial charge in [-0.15, -0.1) is 0 Å². The fourth-order valence-corrected chi connectivity index (χ4v) is 1.70. The Morgan fingerprint density at radius 3 is 2.28 bits per heavy atom. The molecular formula is C15H28O3. The van der Waals surface area contributed by atoms with E-state index >= 15 is 0 Å². The van der Waals surface area contributed by atoms with Crippen molar-refractivity contribution in [2.24, 2.45) is 0 Å². The van der Waals surface area contributed by atoms with Gasteiger partial charge in [0.05, 0.1) is 6.10 Å². The molecule has 0 rings (SSSR count). The number of hydrogen-bond donors (Lipinski definition) is 1. The first kappa shape index (κ1) is 17.2. The Hall–Kier alpha value is -0.830. The van der Waals surface area contributed by atoms with Gasteiger partial charge in [-0.3, -0.25) is 0 Å². The molecular weight excluding hydrogens is 228 g/mol. The van der Waals surface area contributed by atoms with E-state index in [-0.39, 0.29) is 12.6 Å². The highest BCUT2D eigenvalue weighted by Crippen LogP contribution is 2.12. The van der Waals surface area contributed by atoms with E-state index in [4.69, 9.17) is 9.84 Å². The molecule has 0 aromatic rings. The molecule has 0 aliphatic rings. The number of rotatable bonds is 11. The molecule has 3 heteroatoms. The minimum absolute atomic E-state index is 0.0505. The van der Waals surface area contributed by atoms with Gasteiger partial charge in [0.15, 0.2) is 0 Å². The topological polar surface area (TPSA) is 46.5 Å². The zero-order chi connectivity index (χ0) is 13.8. The highest BCUT2D eigenvalue weighted by molar-refractivity contribution is 5.87. The van der Waals surface area contributed by atoms with Gasteiger partial charge < -0.3 is 9.84 Å². The van der Waals surface area contributed by atoms with Gasteiger partial charge in [0, 0.05) is 5.57 Å². The molecule has 1 atom stereocenters. The summed E-state index contributed by atoms with van der Waals surface area (Å²) >= 11 is 0. The lowest BCUT2D eigenvalue weighted by molar-refractivity contribution is -0.141. The molecule has 0 aromatic heterocycles. The molecule has 0 heterocycles. The monoisotopic (exact) mass is 256 g/mol. The van der Waals surface area contributed by atoms with Crippen molar-refractivity contribution in [2.75, 3.05) is 6.61 Å². The summed E-state index contributed by atoms with van der Waals surface area (Å²) in [6.45, 7) is 7.57. The smallest absolute Gasteiger partial charge is 0.333 e. The van der Waals surface area contributed by atoms with Crippen LogP contribution in [0.1, 0.15) is 65.2 Å². The van der Waals surface area contributed by atoms with E-state index in [9.17, 15) is 4.79 Å². The Morgan fingerprint density at radius 2 is 1.72 bits per heavy atom. The number of ether oxygens (including phenoxy) is 1. The molecule has 18 heavy (non-hydrogen) atoms. The lowest BCUT2D eigenvalue weighted by Gasteiger charge is -2.08. The van der Waals surface area contributed by atoms with Crippen molar-refractivity contribution in [3.63, 3.8) is 0 Å². The van der Waals surface area contributed by atoms with Gasteiger partial charge in [-0.25, -0.2) is 4.79 Å². The lowest BCUT2D eigenvalue weighted by Crippen LogP contribution is -2.16. The number of aliphatic hydroxyl groups is 1. The zero-order valence-electron chi connectivity index (χ0n) is 11.9. The summed E-state index contributed by atoms with van der Waals surface area (Å²) in [6.07, 6.45) is 8.65. The van der Waals surface area contributed by atoms with Crippen LogP contribution in [0.3, 0.4) is 0 Å². The number of aliphatic hydroxyl groups excluding tert-OH is 1. The summed E-state index contributed by atoms with van der Waals surface area (Å²) in [5, 5.41) is 8.99. The standard InChI is InChI=1S/C15H28O3/c1-4-5-6-7-8-9-10-11-13(2)15(17)18-12-14(3)16/h14,16H,2,4-12H2,1,3H3. The highest BCUT2D eigenvalue weighted by atomic mass is 16.5. The Bertz CT molecular complexity index is 234. The second-order valence-electron chi connectivity index (χ2n) is 4.92. The van der Waals surface area contributed by atoms with Crippen LogP contribution in [0.2, 0.25) is 0 Å². The third kappa shape index (κ3) is 10.3. The van der Waals surface area contributed by atoms with Gasteiger partial charge >= 0.3 is 5.97 Å². The molecule has 106 valence electrons. The predicted octanol–water partition coefficient (Wildman–Crippen LogP) is 3.61. The second-order valence-corrected chi connectivity index (χ2v) is 4.92. The summed E-state index contributed by atoms with van der Waals surface area (Å²) in [4.78, 5) is 11.4. The molecule has 0 saturated heterocycles. The van der Waals surface area contributed by atoms with Crippen molar-refractivity contribution in [1.29, 1.82) is 0 Å². The van der Waals surface area contributed by atoms with Crippen molar-refractivity contribution < 1.29 is 14.6 Å². The highest BCUT2D eigenvalue weighted by Gasteiger charge is 2.09. The van der Waals surface area contributed by atoms with Gasteiger partial charge in [0.1, 0.15) is 6.61 Å². The van der Waals surface area contributed by atoms with Crippen molar-refractivity contribution in [2.45, 2.75) is 71.3 Å². The summed E-state index contributed by atoms with van der Waals surface area (Å²) in [5.41, 5.74) is 0.518. The molecule has 0 bridgehead atoms. The maximum absolute atomic E-state index is 11.4. The van der Waals surface area contributed by atoms with Gasteiger partial charge in [0.2, 0.25) is 0 Å². The second kappa shape index (κ2) is 11.3. The minimum atomic E-state index is -0.611. The van der Waals surface area contributed by atoms with Crippen molar-refractivity contribution in [3.05, 3.63) is 12.2 Å². The Labute approximate surface area is 111 Å². The first-order chi connectivity index (χ1) is 8.57. The average Bonchev–Trinajstić information content (AvgIpc) is 2.34. The minimum Gasteiger partial charge on any atom is -0.460 e. The van der Waals surface area contributed by atoms with E-state index in [0.717, 1.165) is 12.8 Å². The molecule has 0 aliphatic carbocycles. The quantitative estimate of drug-likeness (QED) is 0.349. The van der Waals surface area contributed by atoms with E-state index < -0.39 is 6.10 Å². The van der Waals surface area contributed by atoms with Crippen molar-refractivity contribution in [3.8, 4) is 0 Å². The summed E-state index contributed by atoms with van der Waals surface area (Å²) in [6, 6.07) is 0. The van der Waals surface area contributed by atoms with Crippen LogP contribution < -0.4 is 0 Å². The largest absolute Gasteiger partial charge is 0.460 e. The van der Waals surface area contributed by atoms with Crippen LogP contribution in [0.4, 0.5) is 0 Å². The molecule has 1 unspecified atom stereocenters. The molecule has 0 saturated carbocycles. The van der Waals surface area contributed by atoms with E-state index in [1.807, 2.05) is 0 Å². The molecule has 0 aliphatic heterocycles. The van der Waals surface area contributed by atoms with Crippen LogP contribution in [-0.4, -0.2) is 23.8 Å². The number of carbonyl (C=O) groups excluding carboxylic acids is 1. The third-order valence-corrected chi connectivity index (χ3v) is 2.83. The number of hydrogen-bond acceptors (Lipinski definition) is 3. The maximum atomic E-state index is 11.4. The van der Waals surface area contributed by atoms with Crippen LogP contribution in [0, 0.1) is 0 Å². The van der Waals surface area contributed by atoms with Crippen LogP contribution >= 0.6 is 0 Å². The van der Waals surface area contributed by atoms with Gasteiger partial charge in [-0.05, 0) is 19.8 Å². The number of carbonyl (C=O) groups is 1. The molecule has 3 nitrogen and oxygen atoms in total. The van der Waals surface area contributed by atoms with Gasteiger partial charge in [-0.2, -0.15) is 0 Å². The SMILES string of the molecule is C=C(CCCCCCCCC)C(=O)OCC(C)O. The first-order valence-corrected chi connectivity index (χ1v) is 7.10. The Morgan fingerprint density at radius 1 is 1.17 bits per heavy atom. The van der Waals surface area contributed by atoms with Gasteiger partial charge in [-0.1, -0.05) is 52.0 Å². The molecule has 0 amide bonds. The molecule has 0 aromatic carbocycles. The Balaban J connectivity index is 3.43. The predicted molar refractivity (Wildman–Crippen MR) is 74.4 cm³/mol. The summed E-state index contributed by atoms with van der Waals surface area (Å²) in [5.74, 6) is -0.373. The van der Waals surface area contributed by atoms with Gasteiger partial charge in [0.25, 0.3) is 0 Å². The Kier molecular flexibility index (Phi) is 10.8. The fourth-order valence-electron chi connectivity index (χ4n) is 1.70.